The van der Waals surface area contributed by atoms with Gasteiger partial charge in [-0.15, -0.1) is 0 Å². The van der Waals surface area contributed by atoms with Gasteiger partial charge in [0.2, 0.25) is 5.88 Å². The molecule has 0 radical (unpaired) electrons. The van der Waals surface area contributed by atoms with Crippen LogP contribution in [0.2, 0.25) is 0 Å². The molecule has 10 nitrogen and oxygen atoms in total. The average Bonchev–Trinajstić information content (AvgIpc) is 3.17. The Labute approximate surface area is 155 Å². The van der Waals surface area contributed by atoms with Gasteiger partial charge < -0.3 is 13.5 Å². The highest BCUT2D eigenvalue weighted by atomic mass is 32.2. The number of pyridine rings is 1. The second-order valence-electron chi connectivity index (χ2n) is 6.42. The van der Waals surface area contributed by atoms with E-state index in [-0.39, 0.29) is 11.9 Å². The van der Waals surface area contributed by atoms with Crippen LogP contribution in [0.15, 0.2) is 24.8 Å². The van der Waals surface area contributed by atoms with E-state index < -0.39 is 10.1 Å². The molecule has 3 aromatic heterocycles. The van der Waals surface area contributed by atoms with Gasteiger partial charge in [0.15, 0.2) is 5.82 Å². The van der Waals surface area contributed by atoms with Gasteiger partial charge in [-0.05, 0) is 13.8 Å². The Kier molecular flexibility index (Phi) is 4.10. The highest BCUT2D eigenvalue weighted by molar-refractivity contribution is 7.86. The van der Waals surface area contributed by atoms with Crippen molar-refractivity contribution in [1.82, 2.24) is 29.3 Å². The molecule has 0 aromatic carbocycles. The van der Waals surface area contributed by atoms with Crippen LogP contribution in [0.1, 0.15) is 19.9 Å². The summed E-state index contributed by atoms with van der Waals surface area (Å²) in [6.45, 7) is 5.02. The van der Waals surface area contributed by atoms with Crippen LogP contribution < -0.4 is 8.92 Å². The third kappa shape index (κ3) is 3.37. The molecule has 1 aliphatic rings. The second kappa shape index (κ2) is 6.34. The van der Waals surface area contributed by atoms with Crippen LogP contribution in [0.3, 0.4) is 0 Å². The van der Waals surface area contributed by atoms with Gasteiger partial charge in [-0.3, -0.25) is 0 Å². The number of aromatic nitrogens is 6. The summed E-state index contributed by atoms with van der Waals surface area (Å²) in [5.41, 5.74) is 1.34. The van der Waals surface area contributed by atoms with E-state index in [0.717, 1.165) is 6.26 Å². The van der Waals surface area contributed by atoms with Crippen molar-refractivity contribution in [3.05, 3.63) is 24.8 Å². The summed E-state index contributed by atoms with van der Waals surface area (Å²) in [5, 5.41) is 4.25. The zero-order chi connectivity index (χ0) is 19.2. The lowest BCUT2D eigenvalue weighted by Gasteiger charge is -2.08. The molecule has 0 saturated carbocycles. The quantitative estimate of drug-likeness (QED) is 0.616. The van der Waals surface area contributed by atoms with Gasteiger partial charge in [-0.2, -0.15) is 13.5 Å². The number of imidazole rings is 1. The van der Waals surface area contributed by atoms with Gasteiger partial charge in [0, 0.05) is 24.5 Å². The molecule has 0 fully saturated rings. The summed E-state index contributed by atoms with van der Waals surface area (Å²) >= 11 is 0. The van der Waals surface area contributed by atoms with E-state index in [1.807, 2.05) is 24.6 Å². The van der Waals surface area contributed by atoms with Crippen molar-refractivity contribution in [1.29, 1.82) is 0 Å². The highest BCUT2D eigenvalue weighted by Gasteiger charge is 2.23. The average molecular weight is 390 g/mol. The van der Waals surface area contributed by atoms with Crippen molar-refractivity contribution in [3.63, 3.8) is 0 Å². The molecular weight excluding hydrogens is 372 g/mol. The Balaban J connectivity index is 1.78. The van der Waals surface area contributed by atoms with Crippen molar-refractivity contribution in [2.75, 3.05) is 12.9 Å². The van der Waals surface area contributed by atoms with Gasteiger partial charge >= 0.3 is 10.1 Å². The van der Waals surface area contributed by atoms with E-state index in [0.29, 0.717) is 41.8 Å². The number of nitrogens with zero attached hydrogens (tertiary/aromatic N) is 6. The zero-order valence-electron chi connectivity index (χ0n) is 15.0. The molecular formula is C16H18N6O4S. The predicted molar refractivity (Wildman–Crippen MR) is 95.8 cm³/mol. The molecule has 27 heavy (non-hydrogen) atoms. The van der Waals surface area contributed by atoms with Crippen LogP contribution in [0.25, 0.3) is 22.9 Å². The van der Waals surface area contributed by atoms with Crippen molar-refractivity contribution in [2.45, 2.75) is 26.4 Å². The lowest BCUT2D eigenvalue weighted by Crippen LogP contribution is -2.07. The zero-order valence-corrected chi connectivity index (χ0v) is 15.8. The van der Waals surface area contributed by atoms with Gasteiger partial charge in [-0.1, -0.05) is 0 Å². The second-order valence-corrected chi connectivity index (χ2v) is 7.99. The monoisotopic (exact) mass is 390 g/mol. The Morgan fingerprint density at radius 1 is 1.26 bits per heavy atom. The summed E-state index contributed by atoms with van der Waals surface area (Å²) in [5.74, 6) is 1.76. The number of fused-ring (bicyclic) bond motifs is 3. The van der Waals surface area contributed by atoms with E-state index >= 15 is 0 Å². The number of ether oxygens (including phenoxy) is 1. The molecule has 142 valence electrons. The van der Waals surface area contributed by atoms with Crippen molar-refractivity contribution in [3.8, 4) is 34.5 Å². The molecule has 0 saturated heterocycles. The maximum absolute atomic E-state index is 11.3. The molecule has 4 heterocycles. The first-order chi connectivity index (χ1) is 12.8. The Bertz CT molecular complexity index is 1100. The molecule has 0 spiro atoms. The molecule has 0 bridgehead atoms. The summed E-state index contributed by atoms with van der Waals surface area (Å²) in [6, 6.07) is 1.61. The summed E-state index contributed by atoms with van der Waals surface area (Å²) < 4.78 is 37.0. The van der Waals surface area contributed by atoms with E-state index in [1.165, 1.54) is 18.6 Å². The minimum absolute atomic E-state index is 0.0453. The van der Waals surface area contributed by atoms with Crippen LogP contribution in [0, 0.1) is 0 Å². The van der Waals surface area contributed by atoms with Crippen LogP contribution in [-0.2, 0) is 16.7 Å². The summed E-state index contributed by atoms with van der Waals surface area (Å²) in [4.78, 5) is 13.1. The van der Waals surface area contributed by atoms with E-state index in [2.05, 4.69) is 15.1 Å². The molecule has 0 unspecified atom stereocenters. The third-order valence-corrected chi connectivity index (χ3v) is 4.45. The Hall–Kier alpha value is -2.95. The molecule has 0 amide bonds. The molecule has 3 aromatic rings. The van der Waals surface area contributed by atoms with Crippen LogP contribution in [0.5, 0.6) is 11.6 Å². The normalized spacial score (nSPS) is 13.6. The Morgan fingerprint density at radius 2 is 2.07 bits per heavy atom. The molecule has 4 rings (SSSR count). The fourth-order valence-electron chi connectivity index (χ4n) is 2.88. The molecule has 11 heteroatoms. The van der Waals surface area contributed by atoms with Gasteiger partial charge in [0.1, 0.15) is 30.2 Å². The molecule has 0 atom stereocenters. The fourth-order valence-corrected chi connectivity index (χ4v) is 3.28. The third-order valence-electron chi connectivity index (χ3n) is 3.98. The summed E-state index contributed by atoms with van der Waals surface area (Å²) in [7, 11) is -3.67. The number of rotatable bonds is 4. The first-order valence-corrected chi connectivity index (χ1v) is 10.1. The largest absolute Gasteiger partial charge is 0.491 e. The first kappa shape index (κ1) is 17.5. The van der Waals surface area contributed by atoms with Gasteiger partial charge in [0.25, 0.3) is 0 Å². The summed E-state index contributed by atoms with van der Waals surface area (Å²) in [6.07, 6.45) is 5.87. The molecule has 0 N–H and O–H groups in total. The minimum atomic E-state index is -3.67. The van der Waals surface area contributed by atoms with Crippen molar-refractivity contribution in [2.24, 2.45) is 0 Å². The number of hydrogen-bond acceptors (Lipinski definition) is 8. The molecule has 0 aliphatic carbocycles. The maximum Gasteiger partial charge on any atom is 0.307 e. The van der Waals surface area contributed by atoms with Gasteiger partial charge in [-0.25, -0.2) is 19.6 Å². The maximum atomic E-state index is 11.3. The smallest absolute Gasteiger partial charge is 0.307 e. The van der Waals surface area contributed by atoms with E-state index in [9.17, 15) is 8.42 Å². The minimum Gasteiger partial charge on any atom is -0.491 e. The van der Waals surface area contributed by atoms with E-state index in [4.69, 9.17) is 13.9 Å². The predicted octanol–water partition coefficient (Wildman–Crippen LogP) is 1.52. The van der Waals surface area contributed by atoms with E-state index in [1.54, 1.807) is 4.68 Å². The lowest BCUT2D eigenvalue weighted by atomic mass is 10.2. The van der Waals surface area contributed by atoms with Crippen LogP contribution in [0.4, 0.5) is 0 Å². The van der Waals surface area contributed by atoms with Gasteiger partial charge in [0.05, 0.1) is 18.4 Å². The fraction of sp³-hybridized carbons (Fsp3) is 0.375. The SMILES string of the molecule is CC(C)n1ncnc1-c1cn2c(n1)-c1cnc(OS(C)(=O)=O)cc1OCC2. The van der Waals surface area contributed by atoms with Crippen molar-refractivity contribution < 1.29 is 17.3 Å². The highest BCUT2D eigenvalue weighted by Crippen LogP contribution is 2.35. The topological polar surface area (TPSA) is 114 Å². The van der Waals surface area contributed by atoms with Crippen LogP contribution >= 0.6 is 0 Å². The molecule has 1 aliphatic heterocycles. The standard InChI is InChI=1S/C16H18N6O4S/c1-10(2)22-16(18-9-19-22)12-8-21-4-5-25-13-6-14(26-27(3,23)24)17-7-11(13)15(21)20-12/h6-10H,4-5H2,1-3H3. The number of hydrogen-bond donors (Lipinski definition) is 0. The van der Waals surface area contributed by atoms with Crippen molar-refractivity contribution >= 4 is 10.1 Å². The lowest BCUT2D eigenvalue weighted by molar-refractivity contribution is 0.305. The van der Waals surface area contributed by atoms with Crippen LogP contribution in [-0.4, -0.2) is 50.6 Å². The first-order valence-electron chi connectivity index (χ1n) is 8.31. The Morgan fingerprint density at radius 3 is 2.81 bits per heavy atom.